The summed E-state index contributed by atoms with van der Waals surface area (Å²) in [6.45, 7) is 7.72. The van der Waals surface area contributed by atoms with E-state index in [-0.39, 0.29) is 7.33 Å². The third-order valence-corrected chi connectivity index (χ3v) is 1.18. The van der Waals surface area contributed by atoms with Crippen molar-refractivity contribution in [1.29, 1.82) is 0 Å². The zero-order valence-electron chi connectivity index (χ0n) is 8.43. The van der Waals surface area contributed by atoms with Gasteiger partial charge in [0.15, 0.2) is 0 Å². The highest BCUT2D eigenvalue weighted by atomic mass is 16.5. The Labute approximate surface area is 76.8 Å². The molecule has 1 amide bonds. The van der Waals surface area contributed by atoms with Crippen LogP contribution in [0.2, 0.25) is 0 Å². The van der Waals surface area contributed by atoms with Crippen molar-refractivity contribution in [3.63, 3.8) is 0 Å². The van der Waals surface area contributed by atoms with Gasteiger partial charge in [-0.1, -0.05) is 20.8 Å². The van der Waals surface area contributed by atoms with E-state index in [0.717, 1.165) is 13.2 Å². The van der Waals surface area contributed by atoms with Crippen LogP contribution in [0.15, 0.2) is 0 Å². The first-order valence-electron chi connectivity index (χ1n) is 4.63. The lowest BCUT2D eigenvalue weighted by Gasteiger charge is -1.76. The molecule has 1 fully saturated rings. The van der Waals surface area contributed by atoms with Crippen LogP contribution in [-0.2, 0) is 9.53 Å². The van der Waals surface area contributed by atoms with Crippen molar-refractivity contribution in [2.45, 2.75) is 40.0 Å². The molecule has 1 saturated heterocycles. The maximum atomic E-state index is 9.59. The highest BCUT2D eigenvalue weighted by molar-refractivity contribution is 5.73. The van der Waals surface area contributed by atoms with E-state index < -0.39 is 0 Å². The summed E-state index contributed by atoms with van der Waals surface area (Å²) in [7, 11) is 0. The molecule has 0 aliphatic carbocycles. The fourth-order valence-electron chi connectivity index (χ4n) is 0.510. The first-order chi connectivity index (χ1) is 5.77. The van der Waals surface area contributed by atoms with E-state index in [0.29, 0.717) is 6.42 Å². The van der Waals surface area contributed by atoms with Gasteiger partial charge in [0.25, 0.3) is 0 Å². The molecule has 2 N–H and O–H groups in total. The molecule has 0 saturated carbocycles. The number of carbonyl (C=O) groups excluding carboxylic acids is 1. The SMILES string of the molecule is C1CCOC1.CC.CCC(N)=O.[HH]. The van der Waals surface area contributed by atoms with Gasteiger partial charge in [0.2, 0.25) is 5.91 Å². The maximum Gasteiger partial charge on any atom is 0.217 e. The van der Waals surface area contributed by atoms with Gasteiger partial charge in [-0.15, -0.1) is 0 Å². The number of amides is 1. The first kappa shape index (κ1) is 14.0. The molecule has 1 rings (SSSR count). The zero-order chi connectivity index (χ0) is 9.82. The minimum Gasteiger partial charge on any atom is -0.381 e. The van der Waals surface area contributed by atoms with Crippen LogP contribution in [0.1, 0.15) is 41.5 Å². The second-order valence-corrected chi connectivity index (χ2v) is 2.14. The van der Waals surface area contributed by atoms with Gasteiger partial charge in [0.05, 0.1) is 0 Å². The molecule has 76 valence electrons. The van der Waals surface area contributed by atoms with Gasteiger partial charge in [-0.25, -0.2) is 0 Å². The normalized spacial score (nSPS) is 13.6. The smallest absolute Gasteiger partial charge is 0.217 e. The Kier molecular flexibility index (Phi) is 15.2. The summed E-state index contributed by atoms with van der Waals surface area (Å²) in [6.07, 6.45) is 3.00. The van der Waals surface area contributed by atoms with Crippen LogP contribution in [0.4, 0.5) is 0 Å². The molecule has 0 aromatic heterocycles. The molecule has 1 aliphatic heterocycles. The highest BCUT2D eigenvalue weighted by Crippen LogP contribution is 1.98. The Balaban J connectivity index is -0.000000122. The number of rotatable bonds is 1. The summed E-state index contributed by atoms with van der Waals surface area (Å²) in [5.41, 5.74) is 4.65. The van der Waals surface area contributed by atoms with E-state index in [1.54, 1.807) is 6.92 Å². The molecule has 0 bridgehead atoms. The Morgan fingerprint density at radius 1 is 1.42 bits per heavy atom. The van der Waals surface area contributed by atoms with E-state index in [9.17, 15) is 4.79 Å². The average Bonchev–Trinajstić information content (AvgIpc) is 2.65. The Morgan fingerprint density at radius 3 is 1.83 bits per heavy atom. The Hall–Kier alpha value is -0.570. The second-order valence-electron chi connectivity index (χ2n) is 2.14. The molecule has 3 nitrogen and oxygen atoms in total. The van der Waals surface area contributed by atoms with Crippen molar-refractivity contribution in [1.82, 2.24) is 0 Å². The summed E-state index contributed by atoms with van der Waals surface area (Å²) < 4.78 is 4.94. The van der Waals surface area contributed by atoms with Crippen LogP contribution in [0.5, 0.6) is 0 Å². The van der Waals surface area contributed by atoms with Crippen molar-refractivity contribution in [3.8, 4) is 0 Å². The van der Waals surface area contributed by atoms with Gasteiger partial charge in [-0.05, 0) is 12.8 Å². The summed E-state index contributed by atoms with van der Waals surface area (Å²) in [5, 5.41) is 0. The molecule has 12 heavy (non-hydrogen) atoms. The number of carbonyl (C=O) groups is 1. The second kappa shape index (κ2) is 13.1. The molecule has 1 heterocycles. The summed E-state index contributed by atoms with van der Waals surface area (Å²) >= 11 is 0. The van der Waals surface area contributed by atoms with Crippen LogP contribution in [0.25, 0.3) is 0 Å². The molecule has 0 aromatic carbocycles. The highest BCUT2D eigenvalue weighted by Gasteiger charge is 1.94. The van der Waals surface area contributed by atoms with Gasteiger partial charge in [-0.3, -0.25) is 4.79 Å². The molecular weight excluding hydrogens is 154 g/mol. The minimum atomic E-state index is -0.245. The van der Waals surface area contributed by atoms with E-state index in [1.165, 1.54) is 12.8 Å². The Bertz CT molecular complexity index is 88.0. The molecule has 0 spiro atoms. The van der Waals surface area contributed by atoms with Crippen molar-refractivity contribution in [3.05, 3.63) is 0 Å². The lowest BCUT2D eigenvalue weighted by atomic mass is 10.4. The van der Waals surface area contributed by atoms with Gasteiger partial charge >= 0.3 is 0 Å². The minimum absolute atomic E-state index is 0. The van der Waals surface area contributed by atoms with Crippen LogP contribution < -0.4 is 5.73 Å². The van der Waals surface area contributed by atoms with E-state index in [1.807, 2.05) is 13.8 Å². The average molecular weight is 177 g/mol. The predicted octanol–water partition coefficient (Wildman–Crippen LogP) is 1.95. The monoisotopic (exact) mass is 177 g/mol. The zero-order valence-corrected chi connectivity index (χ0v) is 8.43. The molecule has 3 heteroatoms. The third kappa shape index (κ3) is 16.2. The molecule has 0 atom stereocenters. The summed E-state index contributed by atoms with van der Waals surface area (Å²) in [4.78, 5) is 9.59. The van der Waals surface area contributed by atoms with Crippen LogP contribution in [-0.4, -0.2) is 19.1 Å². The number of nitrogens with two attached hydrogens (primary N) is 1. The fourth-order valence-corrected chi connectivity index (χ4v) is 0.510. The summed E-state index contributed by atoms with van der Waals surface area (Å²) in [6, 6.07) is 0. The quantitative estimate of drug-likeness (QED) is 0.665. The number of primary amides is 1. The lowest BCUT2D eigenvalue weighted by molar-refractivity contribution is -0.117. The predicted molar refractivity (Wildman–Crippen MR) is 53.0 cm³/mol. The van der Waals surface area contributed by atoms with E-state index in [4.69, 9.17) is 4.74 Å². The topological polar surface area (TPSA) is 52.3 Å². The van der Waals surface area contributed by atoms with Crippen molar-refractivity contribution < 1.29 is 11.0 Å². The number of ether oxygens (including phenoxy) is 1. The van der Waals surface area contributed by atoms with Crippen LogP contribution >= 0.6 is 0 Å². The standard InChI is InChI=1S/C4H8O.C3H7NO.C2H6.H2/c1-2-4-5-3-1;1-2-3(4)5;1-2;/h1-4H2;2H2,1H3,(H2,4,5);1-2H3;1H. The lowest BCUT2D eigenvalue weighted by Crippen LogP contribution is -2.06. The number of hydrogen-bond donors (Lipinski definition) is 1. The van der Waals surface area contributed by atoms with Gasteiger partial charge in [0, 0.05) is 21.1 Å². The van der Waals surface area contributed by atoms with E-state index in [2.05, 4.69) is 5.73 Å². The van der Waals surface area contributed by atoms with Gasteiger partial charge < -0.3 is 10.5 Å². The third-order valence-electron chi connectivity index (χ3n) is 1.18. The number of hydrogen-bond acceptors (Lipinski definition) is 2. The molecule has 0 radical (unpaired) electrons. The molecule has 0 unspecified atom stereocenters. The molecule has 0 aromatic rings. The van der Waals surface area contributed by atoms with Gasteiger partial charge in [-0.2, -0.15) is 0 Å². The van der Waals surface area contributed by atoms with E-state index >= 15 is 0 Å². The van der Waals surface area contributed by atoms with Crippen molar-refractivity contribution in [2.75, 3.05) is 13.2 Å². The fraction of sp³-hybridized carbons (Fsp3) is 0.889. The largest absolute Gasteiger partial charge is 0.381 e. The van der Waals surface area contributed by atoms with Crippen LogP contribution in [0, 0.1) is 0 Å². The first-order valence-corrected chi connectivity index (χ1v) is 4.63. The maximum absolute atomic E-state index is 9.59. The summed E-state index contributed by atoms with van der Waals surface area (Å²) in [5.74, 6) is -0.245. The van der Waals surface area contributed by atoms with Crippen molar-refractivity contribution >= 4 is 5.91 Å². The van der Waals surface area contributed by atoms with Gasteiger partial charge in [0.1, 0.15) is 0 Å². The van der Waals surface area contributed by atoms with Crippen LogP contribution in [0.3, 0.4) is 0 Å². The molecular formula is C9H23NO2. The Morgan fingerprint density at radius 2 is 1.75 bits per heavy atom. The molecule has 1 aliphatic rings. The van der Waals surface area contributed by atoms with Crippen molar-refractivity contribution in [2.24, 2.45) is 5.73 Å².